The molecular weight excluding hydrogens is 324 g/mol. The maximum atomic E-state index is 10.7. The molecule has 2 atom stereocenters. The zero-order valence-corrected chi connectivity index (χ0v) is 18.1. The monoisotopic (exact) mass is 364 g/mol. The topological polar surface area (TPSA) is 20.2 Å². The van der Waals surface area contributed by atoms with Gasteiger partial charge in [-0.15, -0.1) is 11.8 Å². The van der Waals surface area contributed by atoms with Gasteiger partial charge in [-0.3, -0.25) is 0 Å². The first kappa shape index (κ1) is 22.4. The molecule has 0 aromatic heterocycles. The highest BCUT2D eigenvalue weighted by atomic mass is 32.2. The van der Waals surface area contributed by atoms with Gasteiger partial charge in [0.2, 0.25) is 0 Å². The van der Waals surface area contributed by atoms with Crippen molar-refractivity contribution in [2.75, 3.05) is 5.75 Å². The molecule has 1 N–H and O–H groups in total. The van der Waals surface area contributed by atoms with E-state index in [9.17, 15) is 5.11 Å². The average molecular weight is 365 g/mol. The molecule has 0 radical (unpaired) electrons. The van der Waals surface area contributed by atoms with Crippen molar-refractivity contribution in [3.63, 3.8) is 0 Å². The zero-order chi connectivity index (χ0) is 18.7. The summed E-state index contributed by atoms with van der Waals surface area (Å²) in [5.74, 6) is 2.58. The number of phenols is 1. The minimum Gasteiger partial charge on any atom is -0.507 e. The third kappa shape index (κ3) is 7.64. The Morgan fingerprint density at radius 2 is 1.28 bits per heavy atom. The molecule has 1 nitrogen and oxygen atoms in total. The van der Waals surface area contributed by atoms with Gasteiger partial charge in [-0.25, -0.2) is 0 Å². The molecule has 0 spiro atoms. The van der Waals surface area contributed by atoms with E-state index < -0.39 is 0 Å². The Bertz CT molecular complexity index is 452. The van der Waals surface area contributed by atoms with Gasteiger partial charge in [0.25, 0.3) is 0 Å². The van der Waals surface area contributed by atoms with Gasteiger partial charge in [0.05, 0.1) is 0 Å². The van der Waals surface area contributed by atoms with E-state index in [0.717, 1.165) is 24.0 Å². The number of hydrogen-bond donors (Lipinski definition) is 1. The molecule has 0 amide bonds. The fraction of sp³-hybridized carbons (Fsp3) is 0.739. The summed E-state index contributed by atoms with van der Waals surface area (Å²) in [6, 6.07) is 4.47. The van der Waals surface area contributed by atoms with Gasteiger partial charge >= 0.3 is 0 Å². The van der Waals surface area contributed by atoms with Crippen LogP contribution in [0.15, 0.2) is 17.0 Å². The Morgan fingerprint density at radius 1 is 0.800 bits per heavy atom. The fourth-order valence-corrected chi connectivity index (χ4v) is 4.18. The maximum absolute atomic E-state index is 10.7. The van der Waals surface area contributed by atoms with Crippen LogP contribution in [0.2, 0.25) is 0 Å². The summed E-state index contributed by atoms with van der Waals surface area (Å²) in [4.78, 5) is 1.34. The van der Waals surface area contributed by atoms with Crippen molar-refractivity contribution in [3.05, 3.63) is 23.3 Å². The highest BCUT2D eigenvalue weighted by molar-refractivity contribution is 7.99. The summed E-state index contributed by atoms with van der Waals surface area (Å²) in [6.45, 7) is 11.1. The lowest BCUT2D eigenvalue weighted by Crippen LogP contribution is -2.00. The van der Waals surface area contributed by atoms with Crippen LogP contribution in [0.3, 0.4) is 0 Å². The average Bonchev–Trinajstić information content (AvgIpc) is 2.63. The van der Waals surface area contributed by atoms with E-state index in [4.69, 9.17) is 0 Å². The van der Waals surface area contributed by atoms with Gasteiger partial charge < -0.3 is 5.11 Å². The molecule has 0 saturated carbocycles. The van der Waals surface area contributed by atoms with Crippen LogP contribution in [0.25, 0.3) is 0 Å². The van der Waals surface area contributed by atoms with Gasteiger partial charge in [0, 0.05) is 4.90 Å². The third-order valence-corrected chi connectivity index (χ3v) is 6.51. The smallest absolute Gasteiger partial charge is 0.122 e. The Labute approximate surface area is 161 Å². The molecule has 1 aromatic carbocycles. The minimum atomic E-state index is 0.418. The van der Waals surface area contributed by atoms with Crippen LogP contribution in [0, 0.1) is 0 Å². The molecule has 2 heteroatoms. The lowest BCUT2D eigenvalue weighted by molar-refractivity contribution is 0.448. The first-order valence-corrected chi connectivity index (χ1v) is 11.5. The largest absolute Gasteiger partial charge is 0.507 e. The van der Waals surface area contributed by atoms with Crippen molar-refractivity contribution in [1.29, 1.82) is 0 Å². The van der Waals surface area contributed by atoms with Gasteiger partial charge in [0.1, 0.15) is 5.75 Å². The SMILES string of the molecule is CCCCCCCCCSc1cc(C(C)CC)c(O)c(C(C)CC)c1. The molecule has 0 aliphatic heterocycles. The van der Waals surface area contributed by atoms with Gasteiger partial charge in [0.15, 0.2) is 0 Å². The van der Waals surface area contributed by atoms with Crippen LogP contribution < -0.4 is 0 Å². The number of phenolic OH excluding ortho intramolecular Hbond substituents is 1. The molecule has 0 aliphatic carbocycles. The molecule has 0 fully saturated rings. The Morgan fingerprint density at radius 3 is 1.76 bits per heavy atom. The summed E-state index contributed by atoms with van der Waals surface area (Å²) < 4.78 is 0. The molecular formula is C23H40OS. The molecule has 0 heterocycles. The molecule has 1 rings (SSSR count). The summed E-state index contributed by atoms with van der Waals surface area (Å²) in [7, 11) is 0. The number of aromatic hydroxyl groups is 1. The molecule has 144 valence electrons. The molecule has 1 aromatic rings. The van der Waals surface area contributed by atoms with Crippen molar-refractivity contribution < 1.29 is 5.11 Å². The van der Waals surface area contributed by atoms with Crippen LogP contribution in [-0.2, 0) is 0 Å². The van der Waals surface area contributed by atoms with Crippen LogP contribution in [0.5, 0.6) is 5.75 Å². The van der Waals surface area contributed by atoms with E-state index >= 15 is 0 Å². The van der Waals surface area contributed by atoms with E-state index in [1.54, 1.807) is 0 Å². The minimum absolute atomic E-state index is 0.418. The second-order valence-electron chi connectivity index (χ2n) is 7.54. The molecule has 0 saturated heterocycles. The second kappa shape index (κ2) is 12.7. The summed E-state index contributed by atoms with van der Waals surface area (Å²) in [6.07, 6.45) is 11.7. The van der Waals surface area contributed by atoms with Crippen molar-refractivity contribution >= 4 is 11.8 Å². The van der Waals surface area contributed by atoms with Crippen molar-refractivity contribution in [3.8, 4) is 5.75 Å². The summed E-state index contributed by atoms with van der Waals surface area (Å²) >= 11 is 1.97. The van der Waals surface area contributed by atoms with E-state index in [1.807, 2.05) is 11.8 Å². The van der Waals surface area contributed by atoms with Gasteiger partial charge in [-0.1, -0.05) is 73.1 Å². The second-order valence-corrected chi connectivity index (χ2v) is 8.71. The third-order valence-electron chi connectivity index (χ3n) is 5.45. The lowest BCUT2D eigenvalue weighted by atomic mass is 9.90. The Hall–Kier alpha value is -0.630. The first-order chi connectivity index (χ1) is 12.0. The van der Waals surface area contributed by atoms with E-state index in [0.29, 0.717) is 17.6 Å². The summed E-state index contributed by atoms with van der Waals surface area (Å²) in [5.41, 5.74) is 2.28. The van der Waals surface area contributed by atoms with Crippen molar-refractivity contribution in [1.82, 2.24) is 0 Å². The number of hydrogen-bond acceptors (Lipinski definition) is 2. The normalized spacial score (nSPS) is 13.8. The highest BCUT2D eigenvalue weighted by Gasteiger charge is 2.17. The quantitative estimate of drug-likeness (QED) is 0.281. The van der Waals surface area contributed by atoms with E-state index in [1.165, 1.54) is 55.6 Å². The number of unbranched alkanes of at least 4 members (excludes halogenated alkanes) is 6. The molecule has 0 bridgehead atoms. The van der Waals surface area contributed by atoms with Crippen LogP contribution in [-0.4, -0.2) is 10.9 Å². The van der Waals surface area contributed by atoms with E-state index in [2.05, 4.69) is 46.8 Å². The lowest BCUT2D eigenvalue weighted by Gasteiger charge is -2.20. The summed E-state index contributed by atoms with van der Waals surface area (Å²) in [5, 5.41) is 10.7. The first-order valence-electron chi connectivity index (χ1n) is 10.5. The molecule has 0 aliphatic rings. The van der Waals surface area contributed by atoms with Crippen LogP contribution >= 0.6 is 11.8 Å². The number of rotatable bonds is 13. The van der Waals surface area contributed by atoms with Crippen LogP contribution in [0.4, 0.5) is 0 Å². The van der Waals surface area contributed by atoms with E-state index in [-0.39, 0.29) is 0 Å². The fourth-order valence-electron chi connectivity index (χ4n) is 3.18. The van der Waals surface area contributed by atoms with Crippen molar-refractivity contribution in [2.24, 2.45) is 0 Å². The Kier molecular flexibility index (Phi) is 11.4. The van der Waals surface area contributed by atoms with Crippen LogP contribution in [0.1, 0.15) is 115 Å². The number of thioether (sulfide) groups is 1. The molecule has 25 heavy (non-hydrogen) atoms. The van der Waals surface area contributed by atoms with Gasteiger partial charge in [-0.05, 0) is 60.1 Å². The maximum Gasteiger partial charge on any atom is 0.122 e. The predicted octanol–water partition coefficient (Wildman–Crippen LogP) is 8.26. The van der Waals surface area contributed by atoms with Gasteiger partial charge in [-0.2, -0.15) is 0 Å². The zero-order valence-electron chi connectivity index (χ0n) is 17.2. The highest BCUT2D eigenvalue weighted by Crippen LogP contribution is 2.39. The standard InChI is InChI=1S/C23H40OS/c1-6-9-10-11-12-13-14-15-25-20-16-21(18(4)7-2)23(24)22(17-20)19(5)8-3/h16-19,24H,6-15H2,1-5H3. The molecule has 2 unspecified atom stereocenters. The van der Waals surface area contributed by atoms with Crippen molar-refractivity contribution in [2.45, 2.75) is 109 Å². The number of benzene rings is 1. The Balaban J connectivity index is 2.63. The predicted molar refractivity (Wildman–Crippen MR) is 114 cm³/mol.